The molecule has 1 fully saturated rings. The van der Waals surface area contributed by atoms with Crippen molar-refractivity contribution in [2.24, 2.45) is 4.99 Å². The van der Waals surface area contributed by atoms with Crippen LogP contribution in [0.5, 0.6) is 0 Å². The first-order valence-electron chi connectivity index (χ1n) is 10.1. The van der Waals surface area contributed by atoms with Crippen molar-refractivity contribution in [1.29, 1.82) is 0 Å². The van der Waals surface area contributed by atoms with Gasteiger partial charge in [0.2, 0.25) is 0 Å². The van der Waals surface area contributed by atoms with Crippen LogP contribution in [0.25, 0.3) is 11.8 Å². The highest BCUT2D eigenvalue weighted by atomic mass is 127. The van der Waals surface area contributed by atoms with Gasteiger partial charge in [0.15, 0.2) is 5.17 Å². The molecule has 0 atom stereocenters. The third-order valence-corrected chi connectivity index (χ3v) is 7.65. The molecule has 0 radical (unpaired) electrons. The molecule has 0 spiro atoms. The van der Waals surface area contributed by atoms with Crippen LogP contribution in [0.1, 0.15) is 33.6 Å². The number of rotatable bonds is 3. The number of benzene rings is 2. The fourth-order valence-corrected chi connectivity index (χ4v) is 4.80. The maximum absolute atomic E-state index is 12.6. The van der Waals surface area contributed by atoms with E-state index in [1.54, 1.807) is 0 Å². The van der Waals surface area contributed by atoms with Gasteiger partial charge in [-0.2, -0.15) is 0 Å². The molecular formula is C25H24IN3OS. The molecule has 6 heteroatoms. The van der Waals surface area contributed by atoms with Gasteiger partial charge in [0.05, 0.1) is 10.6 Å². The number of carbonyl (C=O) groups is 1. The van der Waals surface area contributed by atoms with Gasteiger partial charge in [-0.15, -0.1) is 0 Å². The summed E-state index contributed by atoms with van der Waals surface area (Å²) in [5.41, 5.74) is 8.94. The summed E-state index contributed by atoms with van der Waals surface area (Å²) in [4.78, 5) is 17.8. The molecule has 0 saturated carbocycles. The zero-order valence-electron chi connectivity index (χ0n) is 18.2. The lowest BCUT2D eigenvalue weighted by atomic mass is 10.1. The van der Waals surface area contributed by atoms with Crippen LogP contribution in [0, 0.1) is 38.2 Å². The highest BCUT2D eigenvalue weighted by molar-refractivity contribution is 14.1. The lowest BCUT2D eigenvalue weighted by Crippen LogP contribution is -2.19. The molecule has 4 nitrogen and oxygen atoms in total. The predicted molar refractivity (Wildman–Crippen MR) is 139 cm³/mol. The van der Waals surface area contributed by atoms with Crippen molar-refractivity contribution in [3.8, 4) is 5.69 Å². The van der Waals surface area contributed by atoms with Crippen LogP contribution in [0.15, 0.2) is 52.4 Å². The maximum Gasteiger partial charge on any atom is 0.264 e. The van der Waals surface area contributed by atoms with Gasteiger partial charge in [0, 0.05) is 20.6 Å². The number of hydrogen-bond donors (Lipinski definition) is 1. The summed E-state index contributed by atoms with van der Waals surface area (Å²) >= 11 is 3.74. The first-order chi connectivity index (χ1) is 14.7. The molecule has 2 heterocycles. The minimum absolute atomic E-state index is 0.109. The summed E-state index contributed by atoms with van der Waals surface area (Å²) in [6, 6.07) is 14.7. The number of thioether (sulfide) groups is 1. The van der Waals surface area contributed by atoms with Crippen molar-refractivity contribution >= 4 is 57.2 Å². The van der Waals surface area contributed by atoms with E-state index >= 15 is 0 Å². The molecular weight excluding hydrogens is 517 g/mol. The number of hydrogen-bond acceptors (Lipinski definition) is 3. The zero-order valence-corrected chi connectivity index (χ0v) is 21.2. The number of carbonyl (C=O) groups excluding carboxylic acids is 1. The van der Waals surface area contributed by atoms with E-state index in [-0.39, 0.29) is 5.91 Å². The van der Waals surface area contributed by atoms with E-state index in [1.807, 2.05) is 24.3 Å². The van der Waals surface area contributed by atoms with Gasteiger partial charge < -0.3 is 9.88 Å². The highest BCUT2D eigenvalue weighted by Gasteiger charge is 2.24. The van der Waals surface area contributed by atoms with Gasteiger partial charge in [-0.1, -0.05) is 6.07 Å². The Morgan fingerprint density at radius 1 is 0.968 bits per heavy atom. The molecule has 31 heavy (non-hydrogen) atoms. The molecule has 1 amide bonds. The van der Waals surface area contributed by atoms with Gasteiger partial charge >= 0.3 is 0 Å². The van der Waals surface area contributed by atoms with E-state index in [0.29, 0.717) is 10.1 Å². The quantitative estimate of drug-likeness (QED) is 0.303. The van der Waals surface area contributed by atoms with Crippen LogP contribution in [-0.4, -0.2) is 15.6 Å². The minimum Gasteiger partial charge on any atom is -0.318 e. The summed E-state index contributed by atoms with van der Waals surface area (Å²) in [6.07, 6.45) is 1.96. The topological polar surface area (TPSA) is 46.4 Å². The van der Waals surface area contributed by atoms with E-state index in [0.717, 1.165) is 28.3 Å². The number of nitrogens with one attached hydrogen (secondary N) is 1. The molecule has 1 saturated heterocycles. The van der Waals surface area contributed by atoms with Crippen LogP contribution < -0.4 is 5.32 Å². The summed E-state index contributed by atoms with van der Waals surface area (Å²) in [5, 5.41) is 3.50. The highest BCUT2D eigenvalue weighted by Crippen LogP contribution is 2.31. The fourth-order valence-electron chi connectivity index (χ4n) is 3.63. The van der Waals surface area contributed by atoms with E-state index in [4.69, 9.17) is 0 Å². The molecule has 1 aromatic heterocycles. The minimum atomic E-state index is -0.109. The Morgan fingerprint density at radius 2 is 1.74 bits per heavy atom. The SMILES string of the molecule is Cc1ccc(N=C2NC(=O)/C(=C/c3cc(C)n(-c4ccc(I)c(C)c4)c3C)S2)cc1C. The van der Waals surface area contributed by atoms with Crippen molar-refractivity contribution in [2.75, 3.05) is 0 Å². The van der Waals surface area contributed by atoms with Crippen LogP contribution in [-0.2, 0) is 4.79 Å². The van der Waals surface area contributed by atoms with E-state index < -0.39 is 0 Å². The van der Waals surface area contributed by atoms with Crippen molar-refractivity contribution in [3.63, 3.8) is 0 Å². The first-order valence-corrected chi connectivity index (χ1v) is 11.9. The Hall–Kier alpha value is -2.32. The summed E-state index contributed by atoms with van der Waals surface area (Å²) < 4.78 is 3.48. The molecule has 2 aromatic carbocycles. The Labute approximate surface area is 201 Å². The number of amidine groups is 1. The molecule has 0 aliphatic carbocycles. The second-order valence-electron chi connectivity index (χ2n) is 7.85. The molecule has 3 aromatic rings. The molecule has 1 N–H and O–H groups in total. The lowest BCUT2D eigenvalue weighted by Gasteiger charge is -2.11. The zero-order chi connectivity index (χ0) is 22.3. The summed E-state index contributed by atoms with van der Waals surface area (Å²) in [5.74, 6) is -0.109. The van der Waals surface area contributed by atoms with Gasteiger partial charge in [-0.25, -0.2) is 4.99 Å². The third-order valence-electron chi connectivity index (χ3n) is 5.53. The fraction of sp³-hybridized carbons (Fsp3) is 0.200. The van der Waals surface area contributed by atoms with E-state index in [1.165, 1.54) is 32.0 Å². The standard InChI is InChI=1S/C25H24IN3OS/c1-14-6-7-20(10-15(14)2)27-25-28-24(30)23(31-25)13-19-12-17(4)29(18(19)5)21-8-9-22(26)16(3)11-21/h6-13H,1-5H3,(H,27,28,30)/b23-13-. The van der Waals surface area contributed by atoms with E-state index in [9.17, 15) is 4.79 Å². The van der Waals surface area contributed by atoms with Gasteiger partial charge in [0.25, 0.3) is 5.91 Å². The number of amides is 1. The number of aromatic nitrogens is 1. The predicted octanol–water partition coefficient (Wildman–Crippen LogP) is 6.52. The molecule has 158 valence electrons. The second-order valence-corrected chi connectivity index (χ2v) is 10.0. The van der Waals surface area contributed by atoms with Crippen molar-refractivity contribution in [3.05, 3.63) is 84.6 Å². The van der Waals surface area contributed by atoms with Crippen LogP contribution in [0.4, 0.5) is 5.69 Å². The summed E-state index contributed by atoms with van der Waals surface area (Å²) in [6.45, 7) is 10.5. The Bertz CT molecular complexity index is 1270. The number of aryl methyl sites for hydroxylation is 4. The smallest absolute Gasteiger partial charge is 0.264 e. The average molecular weight is 541 g/mol. The average Bonchev–Trinajstić information content (AvgIpc) is 3.19. The van der Waals surface area contributed by atoms with Crippen molar-refractivity contribution in [2.45, 2.75) is 34.6 Å². The Balaban J connectivity index is 1.64. The number of halogens is 1. The van der Waals surface area contributed by atoms with Gasteiger partial charge in [-0.3, -0.25) is 4.79 Å². The van der Waals surface area contributed by atoms with Crippen LogP contribution >= 0.6 is 34.4 Å². The normalized spacial score (nSPS) is 16.4. The maximum atomic E-state index is 12.6. The lowest BCUT2D eigenvalue weighted by molar-refractivity contribution is -0.115. The molecule has 1 aliphatic rings. The van der Waals surface area contributed by atoms with Crippen LogP contribution in [0.3, 0.4) is 0 Å². The van der Waals surface area contributed by atoms with Crippen molar-refractivity contribution in [1.82, 2.24) is 9.88 Å². The molecule has 4 rings (SSSR count). The number of aliphatic imine (C=N–C) groups is 1. The van der Waals surface area contributed by atoms with E-state index in [2.05, 4.69) is 96.4 Å². The molecule has 0 bridgehead atoms. The van der Waals surface area contributed by atoms with Gasteiger partial charge in [0.1, 0.15) is 0 Å². The molecule has 1 aliphatic heterocycles. The second kappa shape index (κ2) is 8.67. The van der Waals surface area contributed by atoms with Gasteiger partial charge in [-0.05, 0) is 134 Å². The Kier molecular flexibility index (Phi) is 6.12. The van der Waals surface area contributed by atoms with Crippen LogP contribution in [0.2, 0.25) is 0 Å². The first kappa shape index (κ1) is 21.9. The Morgan fingerprint density at radius 3 is 2.45 bits per heavy atom. The molecule has 0 unspecified atom stereocenters. The number of nitrogens with zero attached hydrogens (tertiary/aromatic N) is 2. The van der Waals surface area contributed by atoms with Crippen molar-refractivity contribution < 1.29 is 4.79 Å². The monoisotopic (exact) mass is 541 g/mol. The summed E-state index contributed by atoms with van der Waals surface area (Å²) in [7, 11) is 0. The largest absolute Gasteiger partial charge is 0.318 e. The third kappa shape index (κ3) is 4.50.